The predicted molar refractivity (Wildman–Crippen MR) is 111 cm³/mol. The van der Waals surface area contributed by atoms with E-state index in [1.165, 1.54) is 11.3 Å². The van der Waals surface area contributed by atoms with Gasteiger partial charge < -0.3 is 14.6 Å². The first-order valence-corrected chi connectivity index (χ1v) is 9.91. The lowest BCUT2D eigenvalue weighted by atomic mass is 10.1. The number of thiazole rings is 1. The molecule has 0 amide bonds. The summed E-state index contributed by atoms with van der Waals surface area (Å²) >= 11 is 1.53. The van der Waals surface area contributed by atoms with E-state index in [0.717, 1.165) is 45.9 Å². The summed E-state index contributed by atoms with van der Waals surface area (Å²) in [5.74, 6) is 0.525. The summed E-state index contributed by atoms with van der Waals surface area (Å²) in [5.41, 5.74) is 1.67. The van der Waals surface area contributed by atoms with Crippen molar-refractivity contribution in [2.45, 2.75) is 13.0 Å². The van der Waals surface area contributed by atoms with Gasteiger partial charge in [0.2, 0.25) is 0 Å². The van der Waals surface area contributed by atoms with E-state index in [1.54, 1.807) is 0 Å². The molecule has 1 atom stereocenters. The second-order valence-electron chi connectivity index (χ2n) is 6.96. The van der Waals surface area contributed by atoms with Gasteiger partial charge in [-0.05, 0) is 42.6 Å². The lowest BCUT2D eigenvalue weighted by Crippen LogP contribution is -2.49. The Morgan fingerprint density at radius 2 is 2.11 bits per heavy atom. The number of nitrogens with one attached hydrogen (secondary N) is 1. The highest BCUT2D eigenvalue weighted by Crippen LogP contribution is 2.31. The Balaban J connectivity index is 1.57. The summed E-state index contributed by atoms with van der Waals surface area (Å²) in [6.07, 6.45) is 0. The van der Waals surface area contributed by atoms with E-state index in [2.05, 4.69) is 28.2 Å². The molecule has 1 N–H and O–H groups in total. The third kappa shape index (κ3) is 3.01. The van der Waals surface area contributed by atoms with Crippen molar-refractivity contribution in [2.24, 2.45) is 0 Å². The summed E-state index contributed by atoms with van der Waals surface area (Å²) in [4.78, 5) is 19.6. The van der Waals surface area contributed by atoms with E-state index in [9.17, 15) is 4.79 Å². The van der Waals surface area contributed by atoms with Crippen molar-refractivity contribution in [1.82, 2.24) is 10.3 Å². The molecule has 0 radical (unpaired) electrons. The van der Waals surface area contributed by atoms with Crippen molar-refractivity contribution in [3.05, 3.63) is 59.0 Å². The molecule has 0 aliphatic carbocycles. The zero-order valence-corrected chi connectivity index (χ0v) is 15.8. The average molecular weight is 377 g/mol. The van der Waals surface area contributed by atoms with Gasteiger partial charge in [-0.25, -0.2) is 9.78 Å². The molecule has 1 aliphatic rings. The third-order valence-electron chi connectivity index (χ3n) is 4.98. The Bertz CT molecular complexity index is 1160. The van der Waals surface area contributed by atoms with Gasteiger partial charge in [-0.1, -0.05) is 18.2 Å². The van der Waals surface area contributed by atoms with E-state index in [1.807, 2.05) is 42.5 Å². The first kappa shape index (κ1) is 16.5. The smallest absolute Gasteiger partial charge is 0.344 e. The number of para-hydroxylation sites is 1. The molecule has 2 aromatic heterocycles. The topological polar surface area (TPSA) is 58.4 Å². The quantitative estimate of drug-likeness (QED) is 0.575. The van der Waals surface area contributed by atoms with Crippen LogP contribution in [0.4, 0.5) is 5.69 Å². The minimum Gasteiger partial charge on any atom is -0.420 e. The number of benzene rings is 2. The van der Waals surface area contributed by atoms with Crippen LogP contribution in [0.15, 0.2) is 57.7 Å². The molecule has 2 aromatic carbocycles. The molecule has 1 saturated heterocycles. The third-order valence-corrected chi connectivity index (χ3v) is 6.04. The number of rotatable bonds is 2. The van der Waals surface area contributed by atoms with Crippen molar-refractivity contribution in [1.29, 1.82) is 0 Å². The number of fused-ring (bicyclic) bond motifs is 2. The maximum absolute atomic E-state index is 12.7. The van der Waals surface area contributed by atoms with Crippen molar-refractivity contribution in [3.8, 4) is 10.8 Å². The van der Waals surface area contributed by atoms with E-state index in [4.69, 9.17) is 4.42 Å². The fourth-order valence-corrected chi connectivity index (χ4v) is 4.54. The zero-order valence-electron chi connectivity index (χ0n) is 14.9. The fourth-order valence-electron chi connectivity index (χ4n) is 3.62. The molecule has 5 nitrogen and oxygen atoms in total. The molecule has 1 fully saturated rings. The Morgan fingerprint density at radius 3 is 2.96 bits per heavy atom. The van der Waals surface area contributed by atoms with Gasteiger partial charge in [-0.2, -0.15) is 0 Å². The van der Waals surface area contributed by atoms with Crippen molar-refractivity contribution >= 4 is 38.0 Å². The van der Waals surface area contributed by atoms with Crippen LogP contribution in [0.1, 0.15) is 6.92 Å². The summed E-state index contributed by atoms with van der Waals surface area (Å²) in [6.45, 7) is 4.99. The molecular formula is C21H19N3O2S. The van der Waals surface area contributed by atoms with Crippen molar-refractivity contribution in [3.63, 3.8) is 0 Å². The maximum Gasteiger partial charge on any atom is 0.344 e. The molecule has 0 bridgehead atoms. The molecule has 0 saturated carbocycles. The van der Waals surface area contributed by atoms with Gasteiger partial charge >= 0.3 is 5.63 Å². The number of hydrogen-bond acceptors (Lipinski definition) is 6. The van der Waals surface area contributed by atoms with E-state index in [0.29, 0.717) is 17.2 Å². The molecule has 3 heterocycles. The second kappa shape index (κ2) is 6.48. The van der Waals surface area contributed by atoms with Gasteiger partial charge in [-0.15, -0.1) is 11.3 Å². The van der Waals surface area contributed by atoms with Crippen LogP contribution in [0, 0.1) is 0 Å². The monoisotopic (exact) mass is 377 g/mol. The predicted octanol–water partition coefficient (Wildman–Crippen LogP) is 3.87. The van der Waals surface area contributed by atoms with Gasteiger partial charge in [0.15, 0.2) is 10.8 Å². The van der Waals surface area contributed by atoms with Crippen LogP contribution >= 0.6 is 11.3 Å². The molecule has 0 spiro atoms. The molecule has 6 heteroatoms. The van der Waals surface area contributed by atoms with Crippen molar-refractivity contribution in [2.75, 3.05) is 24.5 Å². The van der Waals surface area contributed by atoms with Crippen LogP contribution in [0.3, 0.4) is 0 Å². The summed E-state index contributed by atoms with van der Waals surface area (Å²) in [7, 11) is 0. The summed E-state index contributed by atoms with van der Waals surface area (Å²) in [6, 6.07) is 16.3. The van der Waals surface area contributed by atoms with Gasteiger partial charge in [-0.3, -0.25) is 0 Å². The van der Waals surface area contributed by atoms with Crippen LogP contribution < -0.4 is 15.8 Å². The summed E-state index contributed by atoms with van der Waals surface area (Å²) in [5, 5.41) is 5.67. The largest absolute Gasteiger partial charge is 0.420 e. The van der Waals surface area contributed by atoms with Crippen molar-refractivity contribution < 1.29 is 4.42 Å². The normalized spacial score (nSPS) is 17.7. The Labute approximate surface area is 160 Å². The van der Waals surface area contributed by atoms with Crippen LogP contribution in [0.5, 0.6) is 0 Å². The maximum atomic E-state index is 12.7. The van der Waals surface area contributed by atoms with E-state index < -0.39 is 0 Å². The molecule has 5 rings (SSSR count). The van der Waals surface area contributed by atoms with Gasteiger partial charge in [0.1, 0.15) is 0 Å². The average Bonchev–Trinajstić information content (AvgIpc) is 3.12. The van der Waals surface area contributed by atoms with Crippen LogP contribution in [0.25, 0.3) is 31.8 Å². The number of piperazine rings is 1. The first-order valence-electron chi connectivity index (χ1n) is 9.09. The van der Waals surface area contributed by atoms with E-state index >= 15 is 0 Å². The summed E-state index contributed by atoms with van der Waals surface area (Å²) < 4.78 is 6.71. The second-order valence-corrected chi connectivity index (χ2v) is 7.99. The lowest BCUT2D eigenvalue weighted by Gasteiger charge is -2.33. The molecular weight excluding hydrogens is 358 g/mol. The van der Waals surface area contributed by atoms with E-state index in [-0.39, 0.29) is 5.63 Å². The molecule has 136 valence electrons. The zero-order chi connectivity index (χ0) is 18.4. The molecule has 1 aliphatic heterocycles. The number of anilines is 1. The highest BCUT2D eigenvalue weighted by atomic mass is 32.1. The van der Waals surface area contributed by atoms with Gasteiger partial charge in [0, 0.05) is 31.4 Å². The highest BCUT2D eigenvalue weighted by molar-refractivity contribution is 7.21. The minimum atomic E-state index is -0.313. The molecule has 1 unspecified atom stereocenters. The number of nitrogens with zero attached hydrogens (tertiary/aromatic N) is 2. The Morgan fingerprint density at radius 1 is 1.22 bits per heavy atom. The van der Waals surface area contributed by atoms with Crippen LogP contribution in [-0.4, -0.2) is 30.7 Å². The number of hydrogen-bond donors (Lipinski definition) is 1. The van der Waals surface area contributed by atoms with Gasteiger partial charge in [0.25, 0.3) is 0 Å². The minimum absolute atomic E-state index is 0.313. The molecule has 4 aromatic rings. The Kier molecular flexibility index (Phi) is 3.95. The highest BCUT2D eigenvalue weighted by Gasteiger charge is 2.17. The number of aromatic nitrogens is 1. The Hall–Kier alpha value is -2.70. The standard InChI is InChI=1S/C21H19N3O2S/c1-13-12-24(9-8-22-13)15-7-6-14-10-18(26-21(25)16(14)11-15)20-23-17-4-2-3-5-19(17)27-20/h2-7,10-11,13,22H,8-9,12H2,1H3. The fraction of sp³-hybridized carbons (Fsp3) is 0.238. The van der Waals surface area contributed by atoms with Crippen LogP contribution in [-0.2, 0) is 0 Å². The lowest BCUT2D eigenvalue weighted by molar-refractivity contribution is 0.485. The van der Waals surface area contributed by atoms with Crippen LogP contribution in [0.2, 0.25) is 0 Å². The first-order chi connectivity index (χ1) is 13.2. The van der Waals surface area contributed by atoms with Gasteiger partial charge in [0.05, 0.1) is 15.6 Å². The molecule has 27 heavy (non-hydrogen) atoms. The SMILES string of the molecule is CC1CN(c2ccc3cc(-c4nc5ccccc5s4)oc(=O)c3c2)CCN1.